The number of rotatable bonds is 2. The van der Waals surface area contributed by atoms with Gasteiger partial charge in [0.1, 0.15) is 0 Å². The molecule has 1 nitrogen and oxygen atoms in total. The SMILES string of the molecule is Nc1ccc(-c2ccc(C3CCCCC3)cc2)cc1. The van der Waals surface area contributed by atoms with Crippen LogP contribution in [0, 0.1) is 0 Å². The van der Waals surface area contributed by atoms with Gasteiger partial charge in [-0.15, -0.1) is 0 Å². The van der Waals surface area contributed by atoms with Crippen molar-refractivity contribution in [1.82, 2.24) is 0 Å². The third kappa shape index (κ3) is 2.81. The van der Waals surface area contributed by atoms with E-state index in [2.05, 4.69) is 36.4 Å². The first-order chi connectivity index (χ1) is 9.33. The summed E-state index contributed by atoms with van der Waals surface area (Å²) in [5, 5.41) is 0. The van der Waals surface area contributed by atoms with Crippen molar-refractivity contribution in [2.24, 2.45) is 0 Å². The molecule has 1 fully saturated rings. The van der Waals surface area contributed by atoms with Crippen LogP contribution in [-0.2, 0) is 0 Å². The zero-order valence-electron chi connectivity index (χ0n) is 11.3. The summed E-state index contributed by atoms with van der Waals surface area (Å²) in [5.41, 5.74) is 10.6. The molecule has 3 rings (SSSR count). The number of nitrogen functional groups attached to an aromatic ring is 1. The van der Waals surface area contributed by atoms with E-state index in [9.17, 15) is 0 Å². The van der Waals surface area contributed by atoms with Crippen LogP contribution >= 0.6 is 0 Å². The second kappa shape index (κ2) is 5.48. The number of nitrogens with two attached hydrogens (primary N) is 1. The summed E-state index contributed by atoms with van der Waals surface area (Å²) >= 11 is 0. The predicted molar refractivity (Wildman–Crippen MR) is 82.1 cm³/mol. The van der Waals surface area contributed by atoms with Gasteiger partial charge < -0.3 is 5.73 Å². The van der Waals surface area contributed by atoms with E-state index < -0.39 is 0 Å². The fourth-order valence-electron chi connectivity index (χ4n) is 3.06. The number of hydrogen-bond acceptors (Lipinski definition) is 1. The summed E-state index contributed by atoms with van der Waals surface area (Å²) in [7, 11) is 0. The van der Waals surface area contributed by atoms with Gasteiger partial charge in [0.15, 0.2) is 0 Å². The molecule has 0 amide bonds. The van der Waals surface area contributed by atoms with E-state index in [1.807, 2.05) is 12.1 Å². The van der Waals surface area contributed by atoms with Crippen molar-refractivity contribution in [2.45, 2.75) is 38.0 Å². The lowest BCUT2D eigenvalue weighted by molar-refractivity contribution is 0.443. The molecule has 0 aromatic heterocycles. The van der Waals surface area contributed by atoms with Crippen molar-refractivity contribution in [2.75, 3.05) is 5.73 Å². The quantitative estimate of drug-likeness (QED) is 0.748. The second-order valence-electron chi connectivity index (χ2n) is 5.58. The van der Waals surface area contributed by atoms with Crippen LogP contribution in [0.5, 0.6) is 0 Å². The third-order valence-corrected chi connectivity index (χ3v) is 4.23. The van der Waals surface area contributed by atoms with Gasteiger partial charge in [-0.25, -0.2) is 0 Å². The molecule has 0 aliphatic heterocycles. The Morgan fingerprint density at radius 3 is 1.79 bits per heavy atom. The van der Waals surface area contributed by atoms with Crippen LogP contribution < -0.4 is 5.73 Å². The Hall–Kier alpha value is -1.76. The molecule has 2 aromatic rings. The molecule has 1 heteroatoms. The van der Waals surface area contributed by atoms with E-state index in [-0.39, 0.29) is 0 Å². The van der Waals surface area contributed by atoms with Crippen LogP contribution in [0.4, 0.5) is 5.69 Å². The fraction of sp³-hybridized carbons (Fsp3) is 0.333. The largest absolute Gasteiger partial charge is 0.399 e. The molecule has 0 atom stereocenters. The molecule has 98 valence electrons. The summed E-state index contributed by atoms with van der Waals surface area (Å²) in [6.07, 6.45) is 6.93. The molecule has 0 saturated heterocycles. The zero-order chi connectivity index (χ0) is 13.1. The Morgan fingerprint density at radius 1 is 0.684 bits per heavy atom. The predicted octanol–water partition coefficient (Wildman–Crippen LogP) is 4.98. The molecular weight excluding hydrogens is 230 g/mol. The Labute approximate surface area is 115 Å². The maximum absolute atomic E-state index is 5.73. The third-order valence-electron chi connectivity index (χ3n) is 4.23. The van der Waals surface area contributed by atoms with Crippen molar-refractivity contribution in [1.29, 1.82) is 0 Å². The highest BCUT2D eigenvalue weighted by Crippen LogP contribution is 2.33. The van der Waals surface area contributed by atoms with E-state index in [1.165, 1.54) is 48.8 Å². The lowest BCUT2D eigenvalue weighted by Crippen LogP contribution is -2.04. The molecule has 0 heterocycles. The zero-order valence-corrected chi connectivity index (χ0v) is 11.3. The van der Waals surface area contributed by atoms with Crippen LogP contribution in [0.15, 0.2) is 48.5 Å². The number of anilines is 1. The minimum atomic E-state index is 0.786. The van der Waals surface area contributed by atoms with Gasteiger partial charge in [0.05, 0.1) is 0 Å². The Bertz CT molecular complexity index is 519. The smallest absolute Gasteiger partial charge is 0.0314 e. The van der Waals surface area contributed by atoms with E-state index in [4.69, 9.17) is 5.73 Å². The lowest BCUT2D eigenvalue weighted by Gasteiger charge is -2.22. The molecule has 2 aromatic carbocycles. The van der Waals surface area contributed by atoms with Crippen LogP contribution in [0.2, 0.25) is 0 Å². The summed E-state index contributed by atoms with van der Waals surface area (Å²) in [5.74, 6) is 0.786. The number of benzene rings is 2. The molecule has 19 heavy (non-hydrogen) atoms. The van der Waals surface area contributed by atoms with Crippen LogP contribution in [0.1, 0.15) is 43.6 Å². The molecule has 0 bridgehead atoms. The number of hydrogen-bond donors (Lipinski definition) is 1. The van der Waals surface area contributed by atoms with Crippen molar-refractivity contribution in [3.05, 3.63) is 54.1 Å². The molecule has 1 saturated carbocycles. The van der Waals surface area contributed by atoms with Gasteiger partial charge in [-0.05, 0) is 47.6 Å². The van der Waals surface area contributed by atoms with Crippen LogP contribution in [-0.4, -0.2) is 0 Å². The normalized spacial score (nSPS) is 16.4. The average molecular weight is 251 g/mol. The topological polar surface area (TPSA) is 26.0 Å². The molecular formula is C18H21N. The van der Waals surface area contributed by atoms with Gasteiger partial charge >= 0.3 is 0 Å². The van der Waals surface area contributed by atoms with Crippen LogP contribution in [0.3, 0.4) is 0 Å². The molecule has 1 aliphatic carbocycles. The minimum absolute atomic E-state index is 0.786. The van der Waals surface area contributed by atoms with Gasteiger partial charge in [0.25, 0.3) is 0 Å². The summed E-state index contributed by atoms with van der Waals surface area (Å²) in [6.45, 7) is 0. The van der Waals surface area contributed by atoms with Gasteiger partial charge in [-0.2, -0.15) is 0 Å². The Morgan fingerprint density at radius 2 is 1.21 bits per heavy atom. The average Bonchev–Trinajstić information content (AvgIpc) is 2.49. The van der Waals surface area contributed by atoms with Gasteiger partial charge in [-0.3, -0.25) is 0 Å². The molecule has 1 aliphatic rings. The lowest BCUT2D eigenvalue weighted by atomic mass is 9.84. The fourth-order valence-corrected chi connectivity index (χ4v) is 3.06. The minimum Gasteiger partial charge on any atom is -0.399 e. The molecule has 0 unspecified atom stereocenters. The van der Waals surface area contributed by atoms with E-state index in [0.29, 0.717) is 0 Å². The summed E-state index contributed by atoms with van der Waals surface area (Å²) < 4.78 is 0. The highest BCUT2D eigenvalue weighted by Gasteiger charge is 2.15. The summed E-state index contributed by atoms with van der Waals surface area (Å²) in [4.78, 5) is 0. The first-order valence-electron chi connectivity index (χ1n) is 7.29. The maximum Gasteiger partial charge on any atom is 0.0314 e. The van der Waals surface area contributed by atoms with Crippen molar-refractivity contribution in [3.63, 3.8) is 0 Å². The molecule has 0 spiro atoms. The molecule has 0 radical (unpaired) electrons. The van der Waals surface area contributed by atoms with E-state index in [1.54, 1.807) is 0 Å². The first-order valence-corrected chi connectivity index (χ1v) is 7.29. The maximum atomic E-state index is 5.73. The van der Waals surface area contributed by atoms with E-state index >= 15 is 0 Å². The van der Waals surface area contributed by atoms with E-state index in [0.717, 1.165) is 11.6 Å². The first kappa shape index (κ1) is 12.3. The van der Waals surface area contributed by atoms with Gasteiger partial charge in [0, 0.05) is 5.69 Å². The Balaban J connectivity index is 1.80. The van der Waals surface area contributed by atoms with Gasteiger partial charge in [-0.1, -0.05) is 55.7 Å². The standard InChI is InChI=1S/C18H21N/c19-18-12-10-17(11-13-18)16-8-6-15(7-9-16)14-4-2-1-3-5-14/h6-14H,1-5,19H2. The van der Waals surface area contributed by atoms with Crippen molar-refractivity contribution in [3.8, 4) is 11.1 Å². The highest BCUT2D eigenvalue weighted by molar-refractivity contribution is 5.65. The van der Waals surface area contributed by atoms with Crippen LogP contribution in [0.25, 0.3) is 11.1 Å². The summed E-state index contributed by atoms with van der Waals surface area (Å²) in [6, 6.07) is 17.2. The van der Waals surface area contributed by atoms with Crippen molar-refractivity contribution >= 4 is 5.69 Å². The second-order valence-corrected chi connectivity index (χ2v) is 5.58. The van der Waals surface area contributed by atoms with Crippen molar-refractivity contribution < 1.29 is 0 Å². The van der Waals surface area contributed by atoms with Gasteiger partial charge in [0.2, 0.25) is 0 Å². The monoisotopic (exact) mass is 251 g/mol. The molecule has 2 N–H and O–H groups in total. The highest BCUT2D eigenvalue weighted by atomic mass is 14.5. The Kier molecular flexibility index (Phi) is 3.54.